The largest absolute Gasteiger partial charge is 0.383 e. The molecule has 1 atom stereocenters. The molecule has 0 aliphatic rings. The Morgan fingerprint density at radius 1 is 1.00 bits per heavy atom. The number of hydrogen-bond donors (Lipinski definition) is 1. The Bertz CT molecular complexity index is 719. The van der Waals surface area contributed by atoms with Crippen LogP contribution in [0.1, 0.15) is 16.5 Å². The number of thiophene rings is 2. The number of benzene rings is 1. The molecule has 0 aliphatic heterocycles. The summed E-state index contributed by atoms with van der Waals surface area (Å²) >= 11 is 2.81. The third-order valence-electron chi connectivity index (χ3n) is 2.79. The lowest BCUT2D eigenvalue weighted by molar-refractivity contribution is 0.216. The Morgan fingerprint density at radius 2 is 1.79 bits per heavy atom. The zero-order valence-electron chi connectivity index (χ0n) is 9.36. The maximum Gasteiger partial charge on any atom is 0.194 e. The van der Waals surface area contributed by atoms with Gasteiger partial charge >= 0.3 is 0 Å². The van der Waals surface area contributed by atoms with Crippen molar-refractivity contribution in [3.63, 3.8) is 0 Å². The number of aliphatic hydroxyl groups is 1. The first kappa shape index (κ1) is 12.7. The van der Waals surface area contributed by atoms with E-state index in [-0.39, 0.29) is 5.56 Å². The van der Waals surface area contributed by atoms with Gasteiger partial charge in [0.15, 0.2) is 17.5 Å². The SMILES string of the molecule is OC(c1cc2sccc2s1)c1ccc(F)c(F)c1F. The molecule has 0 amide bonds. The van der Waals surface area contributed by atoms with Gasteiger partial charge in [0.2, 0.25) is 0 Å². The second kappa shape index (κ2) is 4.63. The summed E-state index contributed by atoms with van der Waals surface area (Å²) < 4.78 is 41.6. The fourth-order valence-electron chi connectivity index (χ4n) is 1.82. The van der Waals surface area contributed by atoms with E-state index in [2.05, 4.69) is 0 Å². The van der Waals surface area contributed by atoms with Crippen molar-refractivity contribution in [2.75, 3.05) is 0 Å². The zero-order chi connectivity index (χ0) is 13.6. The van der Waals surface area contributed by atoms with Crippen molar-refractivity contribution in [3.05, 3.63) is 57.5 Å². The van der Waals surface area contributed by atoms with Crippen LogP contribution in [0, 0.1) is 17.5 Å². The average Bonchev–Trinajstić information content (AvgIpc) is 2.96. The summed E-state index contributed by atoms with van der Waals surface area (Å²) in [5, 5.41) is 12.0. The van der Waals surface area contributed by atoms with Gasteiger partial charge in [0.05, 0.1) is 0 Å². The van der Waals surface area contributed by atoms with Crippen molar-refractivity contribution < 1.29 is 18.3 Å². The van der Waals surface area contributed by atoms with Crippen LogP contribution < -0.4 is 0 Å². The molecule has 0 saturated carbocycles. The van der Waals surface area contributed by atoms with Crippen molar-refractivity contribution in [2.45, 2.75) is 6.10 Å². The zero-order valence-corrected chi connectivity index (χ0v) is 11.0. The lowest BCUT2D eigenvalue weighted by Crippen LogP contribution is -2.04. The normalized spacial score (nSPS) is 13.1. The number of rotatable bonds is 2. The molecular formula is C13H7F3OS2. The lowest BCUT2D eigenvalue weighted by atomic mass is 10.1. The van der Waals surface area contributed by atoms with E-state index in [4.69, 9.17) is 0 Å². The van der Waals surface area contributed by atoms with Crippen LogP contribution in [0.4, 0.5) is 13.2 Å². The minimum Gasteiger partial charge on any atom is -0.383 e. The van der Waals surface area contributed by atoms with Crippen LogP contribution in [-0.2, 0) is 0 Å². The van der Waals surface area contributed by atoms with Crippen LogP contribution in [0.25, 0.3) is 9.40 Å². The van der Waals surface area contributed by atoms with Crippen molar-refractivity contribution in [3.8, 4) is 0 Å². The lowest BCUT2D eigenvalue weighted by Gasteiger charge is -2.10. The van der Waals surface area contributed by atoms with Crippen LogP contribution >= 0.6 is 22.7 Å². The summed E-state index contributed by atoms with van der Waals surface area (Å²) in [6.07, 6.45) is -1.29. The molecule has 0 saturated heterocycles. The molecule has 0 aliphatic carbocycles. The standard InChI is InChI=1S/C13H7F3OS2/c14-7-2-1-6(11(15)12(7)16)13(17)10-5-9-8(19-10)3-4-18-9/h1-5,13,17H. The molecule has 6 heteroatoms. The minimum atomic E-state index is -1.56. The number of hydrogen-bond acceptors (Lipinski definition) is 3. The monoisotopic (exact) mass is 300 g/mol. The summed E-state index contributed by atoms with van der Waals surface area (Å²) in [5.41, 5.74) is -0.257. The predicted molar refractivity (Wildman–Crippen MR) is 70.1 cm³/mol. The molecule has 2 heterocycles. The third-order valence-corrected chi connectivity index (χ3v) is 4.93. The molecule has 1 nitrogen and oxygen atoms in total. The van der Waals surface area contributed by atoms with Crippen molar-refractivity contribution >= 4 is 32.1 Å². The molecule has 1 N–H and O–H groups in total. The molecular weight excluding hydrogens is 293 g/mol. The minimum absolute atomic E-state index is 0.257. The summed E-state index contributed by atoms with van der Waals surface area (Å²) in [7, 11) is 0. The van der Waals surface area contributed by atoms with Gasteiger partial charge in [0, 0.05) is 19.8 Å². The first-order valence-electron chi connectivity index (χ1n) is 5.36. The van der Waals surface area contributed by atoms with Gasteiger partial charge in [-0.15, -0.1) is 22.7 Å². The molecule has 3 aromatic rings. The van der Waals surface area contributed by atoms with Gasteiger partial charge in [0.1, 0.15) is 6.10 Å². The molecule has 0 bridgehead atoms. The van der Waals surface area contributed by atoms with Gasteiger partial charge in [-0.2, -0.15) is 0 Å². The van der Waals surface area contributed by atoms with E-state index < -0.39 is 23.6 Å². The highest BCUT2D eigenvalue weighted by atomic mass is 32.1. The van der Waals surface area contributed by atoms with E-state index in [9.17, 15) is 18.3 Å². The van der Waals surface area contributed by atoms with Crippen LogP contribution in [0.5, 0.6) is 0 Å². The van der Waals surface area contributed by atoms with Crippen LogP contribution in [-0.4, -0.2) is 5.11 Å². The average molecular weight is 300 g/mol. The van der Waals surface area contributed by atoms with Gasteiger partial charge < -0.3 is 5.11 Å². The maximum absolute atomic E-state index is 13.6. The van der Waals surface area contributed by atoms with E-state index >= 15 is 0 Å². The Kier molecular flexibility index (Phi) is 3.08. The Morgan fingerprint density at radius 3 is 2.53 bits per heavy atom. The fourth-order valence-corrected chi connectivity index (χ4v) is 3.95. The van der Waals surface area contributed by atoms with Gasteiger partial charge in [-0.05, 0) is 29.6 Å². The molecule has 2 aromatic heterocycles. The Hall–Kier alpha value is -1.37. The van der Waals surface area contributed by atoms with E-state index in [1.807, 2.05) is 11.4 Å². The van der Waals surface area contributed by atoms with Gasteiger partial charge in [-0.3, -0.25) is 0 Å². The van der Waals surface area contributed by atoms with Gasteiger partial charge in [-0.25, -0.2) is 13.2 Å². The van der Waals surface area contributed by atoms with E-state index in [1.54, 1.807) is 6.07 Å². The number of halogens is 3. The molecule has 19 heavy (non-hydrogen) atoms. The quantitative estimate of drug-likeness (QED) is 0.693. The van der Waals surface area contributed by atoms with E-state index in [0.29, 0.717) is 4.88 Å². The van der Waals surface area contributed by atoms with Crippen LogP contribution in [0.3, 0.4) is 0 Å². The summed E-state index contributed by atoms with van der Waals surface area (Å²) in [6, 6.07) is 5.50. The van der Waals surface area contributed by atoms with Crippen molar-refractivity contribution in [2.24, 2.45) is 0 Å². The second-order valence-corrected chi connectivity index (χ2v) is 6.03. The molecule has 1 aromatic carbocycles. The van der Waals surface area contributed by atoms with Gasteiger partial charge in [-0.1, -0.05) is 0 Å². The highest BCUT2D eigenvalue weighted by molar-refractivity contribution is 7.26. The van der Waals surface area contributed by atoms with Gasteiger partial charge in [0.25, 0.3) is 0 Å². The third kappa shape index (κ3) is 2.05. The molecule has 0 fully saturated rings. The molecule has 1 unspecified atom stereocenters. The summed E-state index contributed by atoms with van der Waals surface area (Å²) in [4.78, 5) is 0.506. The predicted octanol–water partition coefficient (Wildman–Crippen LogP) is 4.46. The maximum atomic E-state index is 13.6. The molecule has 3 rings (SSSR count). The van der Waals surface area contributed by atoms with E-state index in [1.165, 1.54) is 22.7 Å². The number of aliphatic hydroxyl groups excluding tert-OH is 1. The van der Waals surface area contributed by atoms with Crippen LogP contribution in [0.2, 0.25) is 0 Å². The molecule has 0 spiro atoms. The molecule has 0 radical (unpaired) electrons. The first-order valence-corrected chi connectivity index (χ1v) is 7.06. The number of fused-ring (bicyclic) bond motifs is 1. The van der Waals surface area contributed by atoms with Crippen LogP contribution in [0.15, 0.2) is 29.6 Å². The summed E-state index contributed by atoms with van der Waals surface area (Å²) in [5.74, 6) is -4.17. The first-order chi connectivity index (χ1) is 9.08. The second-order valence-electron chi connectivity index (χ2n) is 3.96. The topological polar surface area (TPSA) is 20.2 Å². The molecule has 98 valence electrons. The van der Waals surface area contributed by atoms with E-state index in [0.717, 1.165) is 21.5 Å². The Labute approximate surface area is 114 Å². The highest BCUT2D eigenvalue weighted by Gasteiger charge is 2.22. The van der Waals surface area contributed by atoms with Crippen molar-refractivity contribution in [1.82, 2.24) is 0 Å². The fraction of sp³-hybridized carbons (Fsp3) is 0.0769. The Balaban J connectivity index is 2.06. The van der Waals surface area contributed by atoms with Crippen molar-refractivity contribution in [1.29, 1.82) is 0 Å². The smallest absolute Gasteiger partial charge is 0.194 e. The summed E-state index contributed by atoms with van der Waals surface area (Å²) in [6.45, 7) is 0. The highest BCUT2D eigenvalue weighted by Crippen LogP contribution is 2.36.